The van der Waals surface area contributed by atoms with Gasteiger partial charge in [-0.3, -0.25) is 0 Å². The van der Waals surface area contributed by atoms with Crippen LogP contribution < -0.4 is 17.2 Å². The van der Waals surface area contributed by atoms with Crippen LogP contribution in [0.2, 0.25) is 0 Å². The number of hydrogen-bond acceptors (Lipinski definition) is 3. The Hall–Kier alpha value is -0.120. The van der Waals surface area contributed by atoms with E-state index in [1.807, 2.05) is 0 Å². The lowest BCUT2D eigenvalue weighted by molar-refractivity contribution is 0.263. The third kappa shape index (κ3) is 6.35. The minimum atomic E-state index is 0.487. The number of nitrogens with two attached hydrogens (primary N) is 3. The molecule has 0 saturated heterocycles. The molecule has 3 heteroatoms. The van der Waals surface area contributed by atoms with E-state index in [0.29, 0.717) is 6.04 Å². The Balaban J connectivity index is 0.000000292. The number of rotatable bonds is 2. The predicted octanol–water partition coefficient (Wildman–Crippen LogP) is 1.06. The Morgan fingerprint density at radius 3 is 1.93 bits per heavy atom. The summed E-state index contributed by atoms with van der Waals surface area (Å²) < 4.78 is 0. The highest BCUT2D eigenvalue weighted by atomic mass is 14.7. The van der Waals surface area contributed by atoms with Crippen LogP contribution >= 0.6 is 0 Å². The topological polar surface area (TPSA) is 78.1 Å². The SMILES string of the molecule is CC1CCC(N)C(C)C1.NCCCN. The molecule has 3 unspecified atom stereocenters. The van der Waals surface area contributed by atoms with Crippen molar-refractivity contribution < 1.29 is 0 Å². The molecule has 0 spiro atoms. The second-order valence-corrected chi connectivity index (χ2v) is 4.49. The smallest absolute Gasteiger partial charge is 0.00647 e. The van der Waals surface area contributed by atoms with Crippen molar-refractivity contribution in [3.05, 3.63) is 0 Å². The van der Waals surface area contributed by atoms with Gasteiger partial charge in [0.1, 0.15) is 0 Å². The molecule has 0 aromatic heterocycles. The van der Waals surface area contributed by atoms with Crippen LogP contribution in [0, 0.1) is 11.8 Å². The van der Waals surface area contributed by atoms with E-state index in [-0.39, 0.29) is 0 Å². The van der Waals surface area contributed by atoms with Crippen molar-refractivity contribution in [2.45, 2.75) is 45.6 Å². The van der Waals surface area contributed by atoms with Gasteiger partial charge in [-0.15, -0.1) is 0 Å². The first kappa shape index (κ1) is 13.9. The van der Waals surface area contributed by atoms with E-state index in [1.54, 1.807) is 0 Å². The molecule has 6 N–H and O–H groups in total. The second kappa shape index (κ2) is 8.21. The quantitative estimate of drug-likeness (QED) is 0.625. The summed E-state index contributed by atoms with van der Waals surface area (Å²) in [7, 11) is 0. The zero-order chi connectivity index (χ0) is 11.0. The van der Waals surface area contributed by atoms with E-state index in [9.17, 15) is 0 Å². The monoisotopic (exact) mass is 201 g/mol. The van der Waals surface area contributed by atoms with Gasteiger partial charge < -0.3 is 17.2 Å². The molecule has 0 radical (unpaired) electrons. The fourth-order valence-corrected chi connectivity index (χ4v) is 1.81. The van der Waals surface area contributed by atoms with Crippen LogP contribution in [0.15, 0.2) is 0 Å². The Labute approximate surface area is 88.4 Å². The molecule has 0 bridgehead atoms. The van der Waals surface area contributed by atoms with E-state index in [4.69, 9.17) is 17.2 Å². The highest BCUT2D eigenvalue weighted by molar-refractivity contribution is 4.77. The summed E-state index contributed by atoms with van der Waals surface area (Å²) in [5.41, 5.74) is 16.0. The molecule has 1 aliphatic carbocycles. The maximum Gasteiger partial charge on any atom is 0.00647 e. The van der Waals surface area contributed by atoms with Crippen molar-refractivity contribution in [3.8, 4) is 0 Å². The number of hydrogen-bond donors (Lipinski definition) is 3. The maximum atomic E-state index is 5.84. The molecule has 1 fully saturated rings. The summed E-state index contributed by atoms with van der Waals surface area (Å²) in [6.07, 6.45) is 4.86. The van der Waals surface area contributed by atoms with Gasteiger partial charge in [0.15, 0.2) is 0 Å². The van der Waals surface area contributed by atoms with Crippen molar-refractivity contribution >= 4 is 0 Å². The average Bonchev–Trinajstić information content (AvgIpc) is 2.14. The molecule has 86 valence electrons. The van der Waals surface area contributed by atoms with E-state index >= 15 is 0 Å². The zero-order valence-corrected chi connectivity index (χ0v) is 9.71. The van der Waals surface area contributed by atoms with Crippen LogP contribution in [0.3, 0.4) is 0 Å². The highest BCUT2D eigenvalue weighted by Crippen LogP contribution is 2.26. The molecular weight excluding hydrogens is 174 g/mol. The van der Waals surface area contributed by atoms with E-state index in [0.717, 1.165) is 31.3 Å². The van der Waals surface area contributed by atoms with Gasteiger partial charge in [-0.2, -0.15) is 0 Å². The first-order valence-electron chi connectivity index (χ1n) is 5.77. The normalized spacial score (nSPS) is 31.9. The maximum absolute atomic E-state index is 5.84. The Bertz CT molecular complexity index is 126. The molecule has 0 aliphatic heterocycles. The van der Waals surface area contributed by atoms with Crippen molar-refractivity contribution in [3.63, 3.8) is 0 Å². The summed E-state index contributed by atoms with van der Waals surface area (Å²) in [6, 6.07) is 0.487. The summed E-state index contributed by atoms with van der Waals surface area (Å²) in [4.78, 5) is 0. The summed E-state index contributed by atoms with van der Waals surface area (Å²) in [6.45, 7) is 6.02. The van der Waals surface area contributed by atoms with Crippen molar-refractivity contribution in [1.29, 1.82) is 0 Å². The molecule has 0 aromatic rings. The zero-order valence-electron chi connectivity index (χ0n) is 9.71. The van der Waals surface area contributed by atoms with E-state index < -0.39 is 0 Å². The molecule has 0 heterocycles. The molecule has 14 heavy (non-hydrogen) atoms. The van der Waals surface area contributed by atoms with Gasteiger partial charge in [-0.1, -0.05) is 13.8 Å². The molecule has 1 rings (SSSR count). The first-order chi connectivity index (χ1) is 6.61. The lowest BCUT2D eigenvalue weighted by Crippen LogP contribution is -2.33. The third-order valence-electron chi connectivity index (χ3n) is 2.91. The molecule has 3 atom stereocenters. The minimum Gasteiger partial charge on any atom is -0.330 e. The second-order valence-electron chi connectivity index (χ2n) is 4.49. The van der Waals surface area contributed by atoms with Crippen molar-refractivity contribution in [1.82, 2.24) is 0 Å². The van der Waals surface area contributed by atoms with Gasteiger partial charge in [0.25, 0.3) is 0 Å². The lowest BCUT2D eigenvalue weighted by atomic mass is 9.80. The van der Waals surface area contributed by atoms with Crippen LogP contribution in [0.25, 0.3) is 0 Å². The molecule has 0 amide bonds. The minimum absolute atomic E-state index is 0.487. The van der Waals surface area contributed by atoms with Crippen LogP contribution in [0.1, 0.15) is 39.5 Å². The van der Waals surface area contributed by atoms with Gasteiger partial charge in [0.2, 0.25) is 0 Å². The van der Waals surface area contributed by atoms with Crippen molar-refractivity contribution in [2.24, 2.45) is 29.0 Å². The third-order valence-corrected chi connectivity index (χ3v) is 2.91. The Morgan fingerprint density at radius 2 is 1.64 bits per heavy atom. The van der Waals surface area contributed by atoms with Gasteiger partial charge in [-0.05, 0) is 50.6 Å². The van der Waals surface area contributed by atoms with Crippen molar-refractivity contribution in [2.75, 3.05) is 13.1 Å². The largest absolute Gasteiger partial charge is 0.330 e. The fraction of sp³-hybridized carbons (Fsp3) is 1.00. The van der Waals surface area contributed by atoms with E-state index in [1.165, 1.54) is 19.3 Å². The summed E-state index contributed by atoms with van der Waals surface area (Å²) in [5, 5.41) is 0. The van der Waals surface area contributed by atoms with Gasteiger partial charge in [0, 0.05) is 6.04 Å². The Morgan fingerprint density at radius 1 is 1.07 bits per heavy atom. The van der Waals surface area contributed by atoms with Gasteiger partial charge in [0.05, 0.1) is 0 Å². The molecule has 0 aromatic carbocycles. The standard InChI is InChI=1S/C8H17N.C3H10N2/c1-6-3-4-8(9)7(2)5-6;4-2-1-3-5/h6-8H,3-5,9H2,1-2H3;1-5H2. The fourth-order valence-electron chi connectivity index (χ4n) is 1.81. The first-order valence-corrected chi connectivity index (χ1v) is 5.77. The predicted molar refractivity (Wildman–Crippen MR) is 62.9 cm³/mol. The average molecular weight is 201 g/mol. The molecular formula is C11H27N3. The van der Waals surface area contributed by atoms with Gasteiger partial charge >= 0.3 is 0 Å². The molecule has 3 nitrogen and oxygen atoms in total. The molecule has 1 aliphatic rings. The van der Waals surface area contributed by atoms with E-state index in [2.05, 4.69) is 13.8 Å². The highest BCUT2D eigenvalue weighted by Gasteiger charge is 2.21. The lowest BCUT2D eigenvalue weighted by Gasteiger charge is -2.29. The van der Waals surface area contributed by atoms with Gasteiger partial charge in [-0.25, -0.2) is 0 Å². The Kier molecular flexibility index (Phi) is 8.14. The van der Waals surface area contributed by atoms with Crippen LogP contribution in [0.4, 0.5) is 0 Å². The summed E-state index contributed by atoms with van der Waals surface area (Å²) >= 11 is 0. The summed E-state index contributed by atoms with van der Waals surface area (Å²) in [5.74, 6) is 1.67. The van der Waals surface area contributed by atoms with Crippen LogP contribution in [0.5, 0.6) is 0 Å². The van der Waals surface area contributed by atoms with Crippen LogP contribution in [-0.4, -0.2) is 19.1 Å². The van der Waals surface area contributed by atoms with Crippen LogP contribution in [-0.2, 0) is 0 Å². The molecule has 1 saturated carbocycles.